The van der Waals surface area contributed by atoms with Crippen LogP contribution in [0.2, 0.25) is 0 Å². The molecule has 1 amide bonds. The standard InChI is InChI=1S/C18H30N4O2/c1-4-19-18(21-11-10-20-17(24)14(2)3)22-12-16(13-23)15-8-6-5-7-9-15/h5-9,14,16,23H,4,10-13H2,1-3H3,(H,20,24)(H2,19,21,22). The van der Waals surface area contributed by atoms with Crippen molar-refractivity contribution in [1.82, 2.24) is 16.0 Å². The molecule has 0 aliphatic rings. The highest BCUT2D eigenvalue weighted by molar-refractivity contribution is 5.80. The van der Waals surface area contributed by atoms with E-state index in [-0.39, 0.29) is 24.3 Å². The molecule has 0 bridgehead atoms. The fraction of sp³-hybridized carbons (Fsp3) is 0.556. The van der Waals surface area contributed by atoms with Crippen LogP contribution in [0.25, 0.3) is 0 Å². The van der Waals surface area contributed by atoms with Crippen molar-refractivity contribution < 1.29 is 9.90 Å². The van der Waals surface area contributed by atoms with Gasteiger partial charge in [-0.1, -0.05) is 44.2 Å². The van der Waals surface area contributed by atoms with Gasteiger partial charge in [-0.15, -0.1) is 0 Å². The van der Waals surface area contributed by atoms with Gasteiger partial charge in [0.05, 0.1) is 13.2 Å². The van der Waals surface area contributed by atoms with Gasteiger partial charge < -0.3 is 21.1 Å². The number of benzene rings is 1. The minimum Gasteiger partial charge on any atom is -0.396 e. The van der Waals surface area contributed by atoms with E-state index in [1.54, 1.807) is 0 Å². The Labute approximate surface area is 144 Å². The Kier molecular flexibility index (Phi) is 9.53. The molecule has 1 aromatic carbocycles. The number of amides is 1. The van der Waals surface area contributed by atoms with Gasteiger partial charge in [-0.2, -0.15) is 0 Å². The average Bonchev–Trinajstić information content (AvgIpc) is 2.59. The molecule has 0 aliphatic carbocycles. The summed E-state index contributed by atoms with van der Waals surface area (Å²) in [5, 5.41) is 18.8. The summed E-state index contributed by atoms with van der Waals surface area (Å²) in [6.45, 7) is 8.17. The van der Waals surface area contributed by atoms with Crippen LogP contribution in [0.3, 0.4) is 0 Å². The first-order valence-corrected chi connectivity index (χ1v) is 8.54. The molecule has 4 N–H and O–H groups in total. The van der Waals surface area contributed by atoms with Crippen LogP contribution >= 0.6 is 0 Å². The number of aliphatic imine (C=N–C) groups is 1. The molecule has 0 heterocycles. The Bertz CT molecular complexity index is 503. The van der Waals surface area contributed by atoms with E-state index in [1.807, 2.05) is 51.1 Å². The third kappa shape index (κ3) is 7.46. The van der Waals surface area contributed by atoms with Crippen LogP contribution in [-0.4, -0.2) is 49.8 Å². The van der Waals surface area contributed by atoms with Crippen LogP contribution < -0.4 is 16.0 Å². The largest absolute Gasteiger partial charge is 0.396 e. The lowest BCUT2D eigenvalue weighted by Crippen LogP contribution is -2.42. The van der Waals surface area contributed by atoms with Gasteiger partial charge in [0.15, 0.2) is 5.96 Å². The Balaban J connectivity index is 2.50. The van der Waals surface area contributed by atoms with E-state index in [0.717, 1.165) is 12.1 Å². The zero-order chi connectivity index (χ0) is 17.8. The van der Waals surface area contributed by atoms with Crippen LogP contribution in [0.1, 0.15) is 32.3 Å². The van der Waals surface area contributed by atoms with Crippen molar-refractivity contribution in [2.45, 2.75) is 26.7 Å². The van der Waals surface area contributed by atoms with E-state index in [9.17, 15) is 9.90 Å². The third-order valence-electron chi connectivity index (χ3n) is 3.55. The lowest BCUT2D eigenvalue weighted by atomic mass is 10.0. The second-order valence-corrected chi connectivity index (χ2v) is 5.88. The number of rotatable bonds is 9. The van der Waals surface area contributed by atoms with Crippen molar-refractivity contribution in [1.29, 1.82) is 0 Å². The van der Waals surface area contributed by atoms with E-state index in [0.29, 0.717) is 25.6 Å². The number of nitrogens with one attached hydrogen (secondary N) is 3. The highest BCUT2D eigenvalue weighted by atomic mass is 16.3. The van der Waals surface area contributed by atoms with Crippen LogP contribution in [0.5, 0.6) is 0 Å². The number of hydrogen-bond donors (Lipinski definition) is 4. The van der Waals surface area contributed by atoms with Gasteiger partial charge in [0.2, 0.25) is 5.91 Å². The van der Waals surface area contributed by atoms with Crippen LogP contribution in [0.15, 0.2) is 35.3 Å². The number of guanidine groups is 1. The summed E-state index contributed by atoms with van der Waals surface area (Å²) in [7, 11) is 0. The molecule has 0 aliphatic heterocycles. The summed E-state index contributed by atoms with van der Waals surface area (Å²) >= 11 is 0. The first-order chi connectivity index (χ1) is 11.6. The summed E-state index contributed by atoms with van der Waals surface area (Å²) in [5.74, 6) is 0.694. The lowest BCUT2D eigenvalue weighted by Gasteiger charge is -2.15. The van der Waals surface area contributed by atoms with Gasteiger partial charge in [-0.25, -0.2) is 0 Å². The Hall–Kier alpha value is -2.08. The third-order valence-corrected chi connectivity index (χ3v) is 3.55. The van der Waals surface area contributed by atoms with Crippen LogP contribution in [0.4, 0.5) is 0 Å². The molecule has 1 atom stereocenters. The van der Waals surface area contributed by atoms with Gasteiger partial charge >= 0.3 is 0 Å². The average molecular weight is 334 g/mol. The van der Waals surface area contributed by atoms with Crippen molar-refractivity contribution in [2.75, 3.05) is 32.8 Å². The molecular weight excluding hydrogens is 304 g/mol. The highest BCUT2D eigenvalue weighted by Gasteiger charge is 2.10. The number of aliphatic hydroxyl groups is 1. The van der Waals surface area contributed by atoms with E-state index >= 15 is 0 Å². The molecule has 1 unspecified atom stereocenters. The van der Waals surface area contributed by atoms with E-state index in [4.69, 9.17) is 0 Å². The maximum atomic E-state index is 11.5. The minimum atomic E-state index is -0.0256. The molecule has 0 aromatic heterocycles. The molecule has 0 saturated heterocycles. The molecule has 1 rings (SSSR count). The van der Waals surface area contributed by atoms with Crippen LogP contribution in [-0.2, 0) is 4.79 Å². The SMILES string of the molecule is CCNC(=NCC(CO)c1ccccc1)NCCNC(=O)C(C)C. The molecule has 0 saturated carbocycles. The smallest absolute Gasteiger partial charge is 0.222 e. The first kappa shape index (κ1) is 20.0. The zero-order valence-electron chi connectivity index (χ0n) is 14.9. The van der Waals surface area contributed by atoms with E-state index < -0.39 is 0 Å². The number of aliphatic hydroxyl groups excluding tert-OH is 1. The quantitative estimate of drug-likeness (QED) is 0.309. The van der Waals surface area contributed by atoms with E-state index in [1.165, 1.54) is 0 Å². The van der Waals surface area contributed by atoms with Gasteiger partial charge in [-0.05, 0) is 12.5 Å². The summed E-state index contributed by atoms with van der Waals surface area (Å²) in [5.41, 5.74) is 1.07. The number of carbonyl (C=O) groups is 1. The summed E-state index contributed by atoms with van der Waals surface area (Å²) in [4.78, 5) is 16.0. The maximum Gasteiger partial charge on any atom is 0.222 e. The fourth-order valence-electron chi connectivity index (χ4n) is 2.11. The van der Waals surface area contributed by atoms with Crippen molar-refractivity contribution >= 4 is 11.9 Å². The predicted molar refractivity (Wildman–Crippen MR) is 98.1 cm³/mol. The van der Waals surface area contributed by atoms with Crippen LogP contribution in [0, 0.1) is 5.92 Å². The zero-order valence-corrected chi connectivity index (χ0v) is 14.9. The summed E-state index contributed by atoms with van der Waals surface area (Å²) in [6.07, 6.45) is 0. The normalized spacial score (nSPS) is 12.8. The molecule has 24 heavy (non-hydrogen) atoms. The van der Waals surface area contributed by atoms with Crippen molar-refractivity contribution in [3.8, 4) is 0 Å². The Morgan fingerprint density at radius 3 is 2.38 bits per heavy atom. The van der Waals surface area contributed by atoms with Crippen molar-refractivity contribution in [3.05, 3.63) is 35.9 Å². The van der Waals surface area contributed by atoms with Crippen molar-refractivity contribution in [3.63, 3.8) is 0 Å². The molecule has 0 fully saturated rings. The molecule has 0 radical (unpaired) electrons. The monoisotopic (exact) mass is 334 g/mol. The molecule has 6 nitrogen and oxygen atoms in total. The molecular formula is C18H30N4O2. The highest BCUT2D eigenvalue weighted by Crippen LogP contribution is 2.14. The van der Waals surface area contributed by atoms with Crippen molar-refractivity contribution in [2.24, 2.45) is 10.9 Å². The maximum absolute atomic E-state index is 11.5. The second kappa shape index (κ2) is 11.5. The fourth-order valence-corrected chi connectivity index (χ4v) is 2.11. The van der Waals surface area contributed by atoms with Gasteiger partial charge in [0.25, 0.3) is 0 Å². The van der Waals surface area contributed by atoms with E-state index in [2.05, 4.69) is 20.9 Å². The molecule has 0 spiro atoms. The summed E-state index contributed by atoms with van der Waals surface area (Å²) < 4.78 is 0. The number of carbonyl (C=O) groups excluding carboxylic acids is 1. The second-order valence-electron chi connectivity index (χ2n) is 5.88. The Morgan fingerprint density at radius 1 is 1.12 bits per heavy atom. The predicted octanol–water partition coefficient (Wildman–Crippen LogP) is 1.09. The van der Waals surface area contributed by atoms with Gasteiger partial charge in [0, 0.05) is 31.5 Å². The van der Waals surface area contributed by atoms with Gasteiger partial charge in [-0.3, -0.25) is 9.79 Å². The molecule has 134 valence electrons. The minimum absolute atomic E-state index is 0.0110. The molecule has 6 heteroatoms. The summed E-state index contributed by atoms with van der Waals surface area (Å²) in [6, 6.07) is 9.87. The molecule has 1 aromatic rings. The Morgan fingerprint density at radius 2 is 1.79 bits per heavy atom. The topological polar surface area (TPSA) is 85.8 Å². The first-order valence-electron chi connectivity index (χ1n) is 8.54. The number of nitrogens with zero attached hydrogens (tertiary/aromatic N) is 1. The van der Waals surface area contributed by atoms with Gasteiger partial charge in [0.1, 0.15) is 0 Å². The number of hydrogen-bond acceptors (Lipinski definition) is 3. The lowest BCUT2D eigenvalue weighted by molar-refractivity contribution is -0.123.